The molecular weight excluding hydrogens is 264 g/mol. The lowest BCUT2D eigenvalue weighted by molar-refractivity contribution is 0.663. The number of nitrogen functional groups attached to an aromatic ring is 1. The fourth-order valence-corrected chi connectivity index (χ4v) is 2.62. The number of hydrogen-bond donors (Lipinski definition) is 3. The fraction of sp³-hybridized carbons (Fsp3) is 0.267. The predicted molar refractivity (Wildman–Crippen MR) is 82.9 cm³/mol. The third kappa shape index (κ3) is 2.71. The third-order valence-electron chi connectivity index (χ3n) is 3.60. The Hall–Kier alpha value is -2.47. The van der Waals surface area contributed by atoms with E-state index in [1.165, 1.54) is 5.56 Å². The van der Waals surface area contributed by atoms with Crippen LogP contribution in [0.1, 0.15) is 23.5 Å². The Morgan fingerprint density at radius 1 is 1.24 bits per heavy atom. The van der Waals surface area contributed by atoms with Crippen LogP contribution < -0.4 is 11.1 Å². The zero-order valence-corrected chi connectivity index (χ0v) is 11.9. The van der Waals surface area contributed by atoms with Gasteiger partial charge in [-0.15, -0.1) is 5.10 Å². The highest BCUT2D eigenvalue weighted by Gasteiger charge is 2.19. The topological polar surface area (TPSA) is 92.5 Å². The van der Waals surface area contributed by atoms with E-state index in [0.717, 1.165) is 24.0 Å². The van der Waals surface area contributed by atoms with Gasteiger partial charge in [0.05, 0.1) is 0 Å². The van der Waals surface area contributed by atoms with Crippen molar-refractivity contribution in [2.24, 2.45) is 0 Å². The van der Waals surface area contributed by atoms with Gasteiger partial charge in [0.15, 0.2) is 0 Å². The average molecular weight is 282 g/mol. The number of benzene rings is 1. The first-order chi connectivity index (χ1) is 10.3. The standard InChI is InChI=1S/C15H18N6/c1-17-8-7-11(10-5-3-2-4-6-10)12-9-13(16)18-15-14(12)19-21-20-15/h2-6,9,11,17H,7-8H2,1H3,(H3,16,18,19,20,21). The van der Waals surface area contributed by atoms with E-state index in [2.05, 4.69) is 37.8 Å². The zero-order valence-electron chi connectivity index (χ0n) is 11.9. The molecule has 0 saturated heterocycles. The largest absolute Gasteiger partial charge is 0.384 e. The Kier molecular flexibility index (Phi) is 3.79. The maximum Gasteiger partial charge on any atom is 0.203 e. The SMILES string of the molecule is CNCCC(c1ccccc1)c1cc(N)nc2n[nH]nc12. The van der Waals surface area contributed by atoms with Crippen LogP contribution >= 0.6 is 0 Å². The van der Waals surface area contributed by atoms with Crippen LogP contribution in [0.25, 0.3) is 11.2 Å². The maximum atomic E-state index is 5.92. The highest BCUT2D eigenvalue weighted by Crippen LogP contribution is 2.32. The van der Waals surface area contributed by atoms with Gasteiger partial charge in [0.2, 0.25) is 5.65 Å². The molecule has 0 amide bonds. The molecule has 0 bridgehead atoms. The Morgan fingerprint density at radius 2 is 2.05 bits per heavy atom. The number of nitrogens with one attached hydrogen (secondary N) is 2. The summed E-state index contributed by atoms with van der Waals surface area (Å²) in [7, 11) is 1.95. The van der Waals surface area contributed by atoms with E-state index in [1.807, 2.05) is 31.3 Å². The molecule has 21 heavy (non-hydrogen) atoms. The number of hydrogen-bond acceptors (Lipinski definition) is 5. The summed E-state index contributed by atoms with van der Waals surface area (Å²) >= 11 is 0. The first-order valence-corrected chi connectivity index (χ1v) is 6.96. The van der Waals surface area contributed by atoms with Crippen molar-refractivity contribution < 1.29 is 0 Å². The second-order valence-corrected chi connectivity index (χ2v) is 4.99. The van der Waals surface area contributed by atoms with E-state index >= 15 is 0 Å². The van der Waals surface area contributed by atoms with Crippen molar-refractivity contribution in [3.05, 3.63) is 47.5 Å². The summed E-state index contributed by atoms with van der Waals surface area (Å²) in [6.07, 6.45) is 0.950. The van der Waals surface area contributed by atoms with Crippen LogP contribution in [-0.2, 0) is 0 Å². The monoisotopic (exact) mass is 282 g/mol. The number of nitrogens with two attached hydrogens (primary N) is 1. The lowest BCUT2D eigenvalue weighted by Crippen LogP contribution is -2.14. The molecule has 0 aliphatic rings. The van der Waals surface area contributed by atoms with Crippen LogP contribution in [0.4, 0.5) is 5.82 Å². The van der Waals surface area contributed by atoms with Crippen LogP contribution in [0.2, 0.25) is 0 Å². The van der Waals surface area contributed by atoms with Gasteiger partial charge in [-0.25, -0.2) is 4.98 Å². The molecule has 0 radical (unpaired) electrons. The second-order valence-electron chi connectivity index (χ2n) is 4.99. The molecule has 2 heterocycles. The fourth-order valence-electron chi connectivity index (χ4n) is 2.62. The Labute approximate surface area is 122 Å². The van der Waals surface area contributed by atoms with Crippen LogP contribution in [0.5, 0.6) is 0 Å². The van der Waals surface area contributed by atoms with Gasteiger partial charge >= 0.3 is 0 Å². The molecule has 0 saturated carbocycles. The van der Waals surface area contributed by atoms with Crippen LogP contribution in [0.15, 0.2) is 36.4 Å². The van der Waals surface area contributed by atoms with E-state index in [1.54, 1.807) is 0 Å². The number of H-pyrrole nitrogens is 1. The summed E-state index contributed by atoms with van der Waals surface area (Å²) < 4.78 is 0. The molecule has 1 aromatic carbocycles. The number of anilines is 1. The van der Waals surface area contributed by atoms with Gasteiger partial charge in [-0.1, -0.05) is 30.3 Å². The Morgan fingerprint density at radius 3 is 2.81 bits per heavy atom. The minimum absolute atomic E-state index is 0.205. The van der Waals surface area contributed by atoms with Crippen molar-refractivity contribution in [2.45, 2.75) is 12.3 Å². The highest BCUT2D eigenvalue weighted by atomic mass is 15.3. The summed E-state index contributed by atoms with van der Waals surface area (Å²) in [6, 6.07) is 12.3. The smallest absolute Gasteiger partial charge is 0.203 e. The van der Waals surface area contributed by atoms with E-state index in [-0.39, 0.29) is 5.92 Å². The van der Waals surface area contributed by atoms with E-state index in [9.17, 15) is 0 Å². The highest BCUT2D eigenvalue weighted by molar-refractivity contribution is 5.77. The van der Waals surface area contributed by atoms with Crippen LogP contribution in [-0.4, -0.2) is 34.0 Å². The van der Waals surface area contributed by atoms with E-state index in [0.29, 0.717) is 11.5 Å². The quantitative estimate of drug-likeness (QED) is 0.662. The predicted octanol–water partition coefficient (Wildman–Crippen LogP) is 1.68. The van der Waals surface area contributed by atoms with Gasteiger partial charge in [0.25, 0.3) is 0 Å². The summed E-state index contributed by atoms with van der Waals surface area (Å²) in [5, 5.41) is 14.1. The van der Waals surface area contributed by atoms with E-state index in [4.69, 9.17) is 5.73 Å². The Balaban J connectivity index is 2.12. The molecule has 6 heteroatoms. The minimum Gasteiger partial charge on any atom is -0.384 e. The lowest BCUT2D eigenvalue weighted by atomic mass is 9.88. The van der Waals surface area contributed by atoms with Crippen molar-refractivity contribution in [3.63, 3.8) is 0 Å². The first kappa shape index (κ1) is 13.5. The number of rotatable bonds is 5. The summed E-state index contributed by atoms with van der Waals surface area (Å²) in [4.78, 5) is 4.21. The molecule has 6 nitrogen and oxygen atoms in total. The van der Waals surface area contributed by atoms with Crippen molar-refractivity contribution in [3.8, 4) is 0 Å². The van der Waals surface area contributed by atoms with Gasteiger partial charge in [-0.2, -0.15) is 10.3 Å². The molecule has 0 fully saturated rings. The molecule has 0 spiro atoms. The molecule has 0 aliphatic heterocycles. The number of aromatic nitrogens is 4. The van der Waals surface area contributed by atoms with Gasteiger partial charge in [-0.3, -0.25) is 0 Å². The second kappa shape index (κ2) is 5.88. The van der Waals surface area contributed by atoms with Crippen molar-refractivity contribution in [2.75, 3.05) is 19.3 Å². The lowest BCUT2D eigenvalue weighted by Gasteiger charge is -2.18. The molecule has 1 atom stereocenters. The number of fused-ring (bicyclic) bond motifs is 1. The third-order valence-corrected chi connectivity index (χ3v) is 3.60. The van der Waals surface area contributed by atoms with Gasteiger partial charge < -0.3 is 11.1 Å². The van der Waals surface area contributed by atoms with Crippen LogP contribution in [0, 0.1) is 0 Å². The molecule has 108 valence electrons. The van der Waals surface area contributed by atoms with Crippen molar-refractivity contribution in [1.82, 2.24) is 25.7 Å². The molecular formula is C15H18N6. The summed E-state index contributed by atoms with van der Waals surface area (Å²) in [5.74, 6) is 0.674. The molecule has 0 aliphatic carbocycles. The summed E-state index contributed by atoms with van der Waals surface area (Å²) in [5.41, 5.74) is 9.57. The number of aromatic amines is 1. The zero-order chi connectivity index (χ0) is 14.7. The van der Waals surface area contributed by atoms with Crippen molar-refractivity contribution in [1.29, 1.82) is 0 Å². The first-order valence-electron chi connectivity index (χ1n) is 6.96. The van der Waals surface area contributed by atoms with Gasteiger partial charge in [0.1, 0.15) is 11.3 Å². The summed E-state index contributed by atoms with van der Waals surface area (Å²) in [6.45, 7) is 0.904. The molecule has 3 aromatic rings. The molecule has 4 N–H and O–H groups in total. The Bertz CT molecular complexity index is 721. The van der Waals surface area contributed by atoms with Crippen molar-refractivity contribution >= 4 is 17.0 Å². The maximum absolute atomic E-state index is 5.92. The van der Waals surface area contributed by atoms with E-state index < -0.39 is 0 Å². The number of nitrogens with zero attached hydrogens (tertiary/aromatic N) is 3. The van der Waals surface area contributed by atoms with Gasteiger partial charge in [0, 0.05) is 5.92 Å². The van der Waals surface area contributed by atoms with Gasteiger partial charge in [-0.05, 0) is 37.2 Å². The molecule has 1 unspecified atom stereocenters. The normalized spacial score (nSPS) is 12.6. The average Bonchev–Trinajstić information content (AvgIpc) is 2.96. The molecule has 3 rings (SSSR count). The minimum atomic E-state index is 0.205. The van der Waals surface area contributed by atoms with Crippen LogP contribution in [0.3, 0.4) is 0 Å². The molecule has 2 aromatic heterocycles. The number of pyridine rings is 1.